The van der Waals surface area contributed by atoms with Crippen LogP contribution in [0.2, 0.25) is 0 Å². The number of rotatable bonds is 6. The fourth-order valence-corrected chi connectivity index (χ4v) is 1.90. The number of carbonyl (C=O) groups is 3. The zero-order chi connectivity index (χ0) is 16.9. The second-order valence-corrected chi connectivity index (χ2v) is 4.31. The predicted octanol–water partition coefficient (Wildman–Crippen LogP) is -0.0321. The van der Waals surface area contributed by atoms with Gasteiger partial charge in [-0.1, -0.05) is 0 Å². The van der Waals surface area contributed by atoms with E-state index in [1.165, 1.54) is 6.92 Å². The van der Waals surface area contributed by atoms with Crippen LogP contribution in [0.3, 0.4) is 0 Å². The van der Waals surface area contributed by atoms with Gasteiger partial charge in [0.25, 0.3) is 0 Å². The van der Waals surface area contributed by atoms with Gasteiger partial charge in [-0.05, 0) is 19.4 Å². The van der Waals surface area contributed by atoms with Crippen molar-refractivity contribution in [3.05, 3.63) is 11.8 Å². The second kappa shape index (κ2) is 7.37. The number of nitrogens with zero attached hydrogens (tertiary/aromatic N) is 3. The summed E-state index contributed by atoms with van der Waals surface area (Å²) in [5, 5.41) is 19.7. The van der Waals surface area contributed by atoms with Crippen molar-refractivity contribution in [1.82, 2.24) is 15.3 Å². The lowest BCUT2D eigenvalue weighted by atomic mass is 10.1. The average Bonchev–Trinajstić information content (AvgIpc) is 2.47. The van der Waals surface area contributed by atoms with Gasteiger partial charge in [0.05, 0.1) is 6.07 Å². The summed E-state index contributed by atoms with van der Waals surface area (Å²) in [4.78, 5) is 40.0. The number of hydrogen-bond acceptors (Lipinski definition) is 5. The maximum Gasteiger partial charge on any atom is 0.368 e. The van der Waals surface area contributed by atoms with Gasteiger partial charge in [0, 0.05) is 12.7 Å². The van der Waals surface area contributed by atoms with Crippen LogP contribution < -0.4 is 5.32 Å². The summed E-state index contributed by atoms with van der Waals surface area (Å²) in [7, 11) is 0. The molecule has 0 fully saturated rings. The summed E-state index contributed by atoms with van der Waals surface area (Å²) in [6.07, 6.45) is -1.67. The number of nitriles is 1. The molecular formula is C12H15FN4O5. The first-order valence-electron chi connectivity index (χ1n) is 6.29. The van der Waals surface area contributed by atoms with E-state index in [0.717, 1.165) is 11.1 Å². The van der Waals surface area contributed by atoms with Crippen LogP contribution in [-0.4, -0.2) is 58.5 Å². The minimum atomic E-state index is -2.71. The Hall–Kier alpha value is -2.67. The van der Waals surface area contributed by atoms with Gasteiger partial charge in [0.15, 0.2) is 0 Å². The van der Waals surface area contributed by atoms with Crippen LogP contribution in [0.25, 0.3) is 0 Å². The van der Waals surface area contributed by atoms with Crippen molar-refractivity contribution in [1.29, 1.82) is 5.26 Å². The molecule has 0 unspecified atom stereocenters. The molecule has 0 aliphatic carbocycles. The van der Waals surface area contributed by atoms with E-state index in [-0.39, 0.29) is 13.1 Å². The van der Waals surface area contributed by atoms with Crippen LogP contribution in [0.4, 0.5) is 9.18 Å². The minimum absolute atomic E-state index is 0.0958. The molecule has 120 valence electrons. The zero-order valence-electron chi connectivity index (χ0n) is 11.9. The fourth-order valence-electron chi connectivity index (χ4n) is 1.90. The lowest BCUT2D eigenvalue weighted by Crippen LogP contribution is -2.57. The van der Waals surface area contributed by atoms with Crippen molar-refractivity contribution in [2.75, 3.05) is 13.1 Å². The lowest BCUT2D eigenvalue weighted by molar-refractivity contribution is -0.207. The van der Waals surface area contributed by atoms with E-state index < -0.39 is 30.3 Å². The number of carboxylic acids is 1. The molecule has 0 radical (unpaired) electrons. The predicted molar refractivity (Wildman–Crippen MR) is 69.4 cm³/mol. The molecule has 0 spiro atoms. The highest BCUT2D eigenvalue weighted by molar-refractivity contribution is 5.91. The van der Waals surface area contributed by atoms with Gasteiger partial charge in [-0.25, -0.2) is 18.8 Å². The number of alkyl halides is 1. The monoisotopic (exact) mass is 314 g/mol. The fraction of sp³-hybridized carbons (Fsp3) is 0.500. The molecule has 2 N–H and O–H groups in total. The highest BCUT2D eigenvalue weighted by Crippen LogP contribution is 2.21. The Balaban J connectivity index is 3.00. The third-order valence-electron chi connectivity index (χ3n) is 2.83. The molecule has 2 atom stereocenters. The normalized spacial score (nSPS) is 19.3. The van der Waals surface area contributed by atoms with Gasteiger partial charge in [0.1, 0.15) is 12.6 Å². The number of aliphatic carboxylic acids is 1. The summed E-state index contributed by atoms with van der Waals surface area (Å²) < 4.78 is 13.1. The number of hydroxylamine groups is 2. The molecule has 1 aliphatic heterocycles. The lowest BCUT2D eigenvalue weighted by Gasteiger charge is -2.37. The van der Waals surface area contributed by atoms with Gasteiger partial charge in [-0.15, -0.1) is 0 Å². The molecule has 22 heavy (non-hydrogen) atoms. The van der Waals surface area contributed by atoms with Crippen molar-refractivity contribution < 1.29 is 28.7 Å². The number of halogens is 1. The summed E-state index contributed by atoms with van der Waals surface area (Å²) in [5.74, 6) is -2.45. The van der Waals surface area contributed by atoms with Crippen molar-refractivity contribution in [2.45, 2.75) is 26.2 Å². The molecule has 0 aromatic heterocycles. The SMILES string of the molecule is CCN1C(=O)N(O[C@@H](F)C(=O)O)C=C(C)[C@H]1C(=O)NCC#N. The quantitative estimate of drug-likeness (QED) is 0.664. The number of amides is 3. The summed E-state index contributed by atoms with van der Waals surface area (Å²) in [6.45, 7) is 2.96. The Morgan fingerprint density at radius 3 is 2.77 bits per heavy atom. The molecule has 1 aliphatic rings. The summed E-state index contributed by atoms with van der Waals surface area (Å²) >= 11 is 0. The Morgan fingerprint density at radius 1 is 1.64 bits per heavy atom. The number of hydrogen-bond donors (Lipinski definition) is 2. The molecule has 0 bridgehead atoms. The summed E-state index contributed by atoms with van der Waals surface area (Å²) in [5.41, 5.74) is 0.328. The smallest absolute Gasteiger partial charge is 0.368 e. The molecule has 0 saturated heterocycles. The van der Waals surface area contributed by atoms with E-state index in [1.807, 2.05) is 0 Å². The van der Waals surface area contributed by atoms with Gasteiger partial charge >= 0.3 is 18.4 Å². The molecule has 9 nitrogen and oxygen atoms in total. The number of carbonyl (C=O) groups excluding carboxylic acids is 2. The van der Waals surface area contributed by atoms with E-state index in [1.54, 1.807) is 13.0 Å². The van der Waals surface area contributed by atoms with E-state index in [0.29, 0.717) is 10.6 Å². The number of carboxylic acid groups (broad SMARTS) is 1. The molecule has 1 heterocycles. The van der Waals surface area contributed by atoms with Gasteiger partial charge in [-0.3, -0.25) is 4.79 Å². The van der Waals surface area contributed by atoms with E-state index >= 15 is 0 Å². The van der Waals surface area contributed by atoms with Crippen LogP contribution in [0.5, 0.6) is 0 Å². The number of nitrogens with one attached hydrogen (secondary N) is 1. The zero-order valence-corrected chi connectivity index (χ0v) is 11.9. The largest absolute Gasteiger partial charge is 0.477 e. The molecule has 0 saturated carbocycles. The summed E-state index contributed by atoms with van der Waals surface area (Å²) in [6, 6.07) is -0.119. The first-order chi connectivity index (χ1) is 10.3. The molecular weight excluding hydrogens is 299 g/mol. The van der Waals surface area contributed by atoms with E-state index in [9.17, 15) is 18.8 Å². The molecule has 10 heteroatoms. The van der Waals surface area contributed by atoms with Crippen LogP contribution in [0, 0.1) is 11.3 Å². The van der Waals surface area contributed by atoms with Crippen molar-refractivity contribution in [3.63, 3.8) is 0 Å². The van der Waals surface area contributed by atoms with Crippen molar-refractivity contribution in [3.8, 4) is 6.07 Å². The van der Waals surface area contributed by atoms with Crippen LogP contribution >= 0.6 is 0 Å². The maximum absolute atomic E-state index is 13.1. The highest BCUT2D eigenvalue weighted by atomic mass is 19.1. The first kappa shape index (κ1) is 17.4. The minimum Gasteiger partial charge on any atom is -0.477 e. The standard InChI is InChI=1S/C12H15FN4O5/c1-3-16-8(10(18)15-5-4-14)7(2)6-17(12(16)21)22-9(13)11(19)20/h6,8-9H,3,5H2,1-2H3,(H,15,18)(H,19,20)/t8-,9+/m0/s1. The molecule has 1 rings (SSSR count). The van der Waals surface area contributed by atoms with Crippen LogP contribution in [-0.2, 0) is 14.4 Å². The van der Waals surface area contributed by atoms with Crippen LogP contribution in [0.1, 0.15) is 13.8 Å². The Morgan fingerprint density at radius 2 is 2.27 bits per heavy atom. The van der Waals surface area contributed by atoms with Crippen LogP contribution in [0.15, 0.2) is 11.8 Å². The third-order valence-corrected chi connectivity index (χ3v) is 2.83. The van der Waals surface area contributed by atoms with Crippen molar-refractivity contribution in [2.24, 2.45) is 0 Å². The topological polar surface area (TPSA) is 123 Å². The molecule has 3 amide bonds. The second-order valence-electron chi connectivity index (χ2n) is 4.31. The molecule has 0 aromatic rings. The third kappa shape index (κ3) is 3.70. The first-order valence-corrected chi connectivity index (χ1v) is 6.29. The Bertz CT molecular complexity index is 544. The number of likely N-dealkylation sites (N-methyl/N-ethyl adjacent to an activating group) is 1. The van der Waals surface area contributed by atoms with Gasteiger partial charge < -0.3 is 15.3 Å². The average molecular weight is 314 g/mol. The Kier molecular flexibility index (Phi) is 5.82. The van der Waals surface area contributed by atoms with E-state index in [4.69, 9.17) is 10.4 Å². The van der Waals surface area contributed by atoms with Crippen molar-refractivity contribution >= 4 is 17.9 Å². The number of urea groups is 1. The maximum atomic E-state index is 13.1. The Labute approximate surface area is 125 Å². The highest BCUT2D eigenvalue weighted by Gasteiger charge is 2.38. The van der Waals surface area contributed by atoms with E-state index in [2.05, 4.69) is 10.2 Å². The van der Waals surface area contributed by atoms with Gasteiger partial charge in [0.2, 0.25) is 5.91 Å². The van der Waals surface area contributed by atoms with Gasteiger partial charge in [-0.2, -0.15) is 10.3 Å². The molecule has 0 aromatic carbocycles.